The van der Waals surface area contributed by atoms with Crippen molar-refractivity contribution in [1.29, 1.82) is 0 Å². The molecule has 2 aromatic rings. The summed E-state index contributed by atoms with van der Waals surface area (Å²) in [4.78, 5) is 12.7. The molecule has 0 atom stereocenters. The van der Waals surface area contributed by atoms with Crippen molar-refractivity contribution in [2.24, 2.45) is 0 Å². The Balaban J connectivity index is 2.48. The molecule has 0 aliphatic heterocycles. The first-order chi connectivity index (χ1) is 8.63. The molecular weight excluding hydrogens is 229 g/mol. The lowest BCUT2D eigenvalue weighted by Gasteiger charge is -2.21. The first-order valence-electron chi connectivity index (χ1n) is 5.67. The number of rotatable bonds is 3. The number of hydrogen-bond acceptors (Lipinski definition) is 2. The summed E-state index contributed by atoms with van der Waals surface area (Å²) in [6.45, 7) is 1.99. The lowest BCUT2D eigenvalue weighted by molar-refractivity contribution is 0.112. The van der Waals surface area contributed by atoms with Crippen molar-refractivity contribution < 1.29 is 9.18 Å². The Kier molecular flexibility index (Phi) is 3.42. The van der Waals surface area contributed by atoms with Crippen LogP contribution in [0.4, 0.5) is 15.8 Å². The Morgan fingerprint density at radius 1 is 1.11 bits per heavy atom. The van der Waals surface area contributed by atoms with Crippen LogP contribution in [0.5, 0.6) is 0 Å². The normalized spacial score (nSPS) is 10.2. The third-order valence-corrected chi connectivity index (χ3v) is 2.90. The Labute approximate surface area is 106 Å². The van der Waals surface area contributed by atoms with Gasteiger partial charge in [-0.05, 0) is 31.2 Å². The fourth-order valence-corrected chi connectivity index (χ4v) is 1.88. The number of para-hydroxylation sites is 1. The van der Waals surface area contributed by atoms with Crippen LogP contribution in [-0.2, 0) is 0 Å². The van der Waals surface area contributed by atoms with Gasteiger partial charge < -0.3 is 4.90 Å². The van der Waals surface area contributed by atoms with Gasteiger partial charge in [0.05, 0.1) is 5.69 Å². The van der Waals surface area contributed by atoms with E-state index in [0.717, 1.165) is 11.3 Å². The molecule has 3 heteroatoms. The molecular formula is C15H14FNO. The SMILES string of the molecule is Cc1ccc(N(C)c2c(F)cccc2C=O)cc1. The van der Waals surface area contributed by atoms with E-state index in [1.54, 1.807) is 18.0 Å². The molecule has 2 rings (SSSR count). The maximum Gasteiger partial charge on any atom is 0.152 e. The summed E-state index contributed by atoms with van der Waals surface area (Å²) < 4.78 is 13.9. The number of nitrogens with zero attached hydrogens (tertiary/aromatic N) is 1. The molecule has 0 aliphatic carbocycles. The monoisotopic (exact) mass is 243 g/mol. The smallest absolute Gasteiger partial charge is 0.152 e. The third kappa shape index (κ3) is 2.25. The second-order valence-electron chi connectivity index (χ2n) is 4.19. The van der Waals surface area contributed by atoms with Crippen molar-refractivity contribution in [1.82, 2.24) is 0 Å². The van der Waals surface area contributed by atoms with Crippen LogP contribution >= 0.6 is 0 Å². The van der Waals surface area contributed by atoms with Gasteiger partial charge in [-0.2, -0.15) is 0 Å². The van der Waals surface area contributed by atoms with Gasteiger partial charge in [0.2, 0.25) is 0 Å². The number of carbonyl (C=O) groups is 1. The van der Waals surface area contributed by atoms with E-state index in [0.29, 0.717) is 17.5 Å². The number of carbonyl (C=O) groups excluding carboxylic acids is 1. The van der Waals surface area contributed by atoms with Crippen LogP contribution in [0.25, 0.3) is 0 Å². The zero-order chi connectivity index (χ0) is 13.1. The molecule has 0 heterocycles. The molecule has 0 bridgehead atoms. The van der Waals surface area contributed by atoms with E-state index < -0.39 is 5.82 Å². The minimum Gasteiger partial charge on any atom is -0.342 e. The summed E-state index contributed by atoms with van der Waals surface area (Å²) in [5.41, 5.74) is 2.62. The van der Waals surface area contributed by atoms with Gasteiger partial charge >= 0.3 is 0 Å². The van der Waals surface area contributed by atoms with Crippen molar-refractivity contribution in [2.45, 2.75) is 6.92 Å². The van der Waals surface area contributed by atoms with Gasteiger partial charge in [0.25, 0.3) is 0 Å². The third-order valence-electron chi connectivity index (χ3n) is 2.90. The number of halogens is 1. The highest BCUT2D eigenvalue weighted by molar-refractivity contribution is 5.86. The van der Waals surface area contributed by atoms with Crippen LogP contribution in [0.15, 0.2) is 42.5 Å². The van der Waals surface area contributed by atoms with Gasteiger partial charge in [0, 0.05) is 18.3 Å². The maximum absolute atomic E-state index is 13.9. The summed E-state index contributed by atoms with van der Waals surface area (Å²) in [7, 11) is 1.75. The zero-order valence-electron chi connectivity index (χ0n) is 10.4. The van der Waals surface area contributed by atoms with Crippen molar-refractivity contribution in [3.05, 3.63) is 59.4 Å². The van der Waals surface area contributed by atoms with Crippen molar-refractivity contribution in [3.8, 4) is 0 Å². The molecule has 0 amide bonds. The predicted octanol–water partition coefficient (Wildman–Crippen LogP) is 3.71. The summed E-state index contributed by atoms with van der Waals surface area (Å²) in [5, 5.41) is 0. The molecule has 18 heavy (non-hydrogen) atoms. The van der Waals surface area contributed by atoms with E-state index in [2.05, 4.69) is 0 Å². The van der Waals surface area contributed by atoms with Gasteiger partial charge in [-0.3, -0.25) is 4.79 Å². The van der Waals surface area contributed by atoms with Crippen LogP contribution in [0.3, 0.4) is 0 Å². The molecule has 2 nitrogen and oxygen atoms in total. The fourth-order valence-electron chi connectivity index (χ4n) is 1.88. The molecule has 0 saturated heterocycles. The predicted molar refractivity (Wildman–Crippen MR) is 71.0 cm³/mol. The van der Waals surface area contributed by atoms with Crippen LogP contribution in [0.1, 0.15) is 15.9 Å². The number of aldehydes is 1. The quantitative estimate of drug-likeness (QED) is 0.766. The second-order valence-corrected chi connectivity index (χ2v) is 4.19. The Morgan fingerprint density at radius 2 is 1.78 bits per heavy atom. The molecule has 0 N–H and O–H groups in total. The van der Waals surface area contributed by atoms with Crippen LogP contribution in [-0.4, -0.2) is 13.3 Å². The molecule has 0 fully saturated rings. The highest BCUT2D eigenvalue weighted by Gasteiger charge is 2.13. The van der Waals surface area contributed by atoms with Crippen molar-refractivity contribution in [2.75, 3.05) is 11.9 Å². The van der Waals surface area contributed by atoms with Crippen LogP contribution < -0.4 is 4.90 Å². The average molecular weight is 243 g/mol. The fraction of sp³-hybridized carbons (Fsp3) is 0.133. The van der Waals surface area contributed by atoms with Gasteiger partial charge in [-0.25, -0.2) is 4.39 Å². The molecule has 0 saturated carbocycles. The van der Waals surface area contributed by atoms with Gasteiger partial charge in [-0.15, -0.1) is 0 Å². The van der Waals surface area contributed by atoms with E-state index in [1.165, 1.54) is 12.1 Å². The molecule has 0 spiro atoms. The highest BCUT2D eigenvalue weighted by Crippen LogP contribution is 2.29. The molecule has 92 valence electrons. The lowest BCUT2D eigenvalue weighted by Crippen LogP contribution is -2.13. The van der Waals surface area contributed by atoms with E-state index in [4.69, 9.17) is 0 Å². The summed E-state index contributed by atoms with van der Waals surface area (Å²) >= 11 is 0. The molecule has 0 aliphatic rings. The van der Waals surface area contributed by atoms with Crippen LogP contribution in [0.2, 0.25) is 0 Å². The summed E-state index contributed by atoms with van der Waals surface area (Å²) in [5.74, 6) is -0.400. The minimum absolute atomic E-state index is 0.302. The molecule has 0 aromatic heterocycles. The Bertz CT molecular complexity index is 563. The maximum atomic E-state index is 13.9. The van der Waals surface area contributed by atoms with E-state index in [9.17, 15) is 9.18 Å². The minimum atomic E-state index is -0.400. The first kappa shape index (κ1) is 12.3. The second kappa shape index (κ2) is 5.00. The van der Waals surface area contributed by atoms with E-state index in [-0.39, 0.29) is 0 Å². The molecule has 2 aromatic carbocycles. The Morgan fingerprint density at radius 3 is 2.39 bits per heavy atom. The summed E-state index contributed by atoms with van der Waals surface area (Å²) in [6.07, 6.45) is 0.670. The standard InChI is InChI=1S/C15H14FNO/c1-11-6-8-13(9-7-11)17(2)15-12(10-18)4-3-5-14(15)16/h3-10H,1-2H3. The van der Waals surface area contributed by atoms with E-state index in [1.807, 2.05) is 31.2 Å². The van der Waals surface area contributed by atoms with Crippen LogP contribution in [0, 0.1) is 12.7 Å². The number of aryl methyl sites for hydroxylation is 1. The summed E-state index contributed by atoms with van der Waals surface area (Å²) in [6, 6.07) is 12.2. The van der Waals surface area contributed by atoms with Gasteiger partial charge in [-0.1, -0.05) is 23.8 Å². The van der Waals surface area contributed by atoms with Crippen molar-refractivity contribution in [3.63, 3.8) is 0 Å². The highest BCUT2D eigenvalue weighted by atomic mass is 19.1. The first-order valence-corrected chi connectivity index (χ1v) is 5.67. The number of anilines is 2. The van der Waals surface area contributed by atoms with Gasteiger partial charge in [0.1, 0.15) is 5.82 Å². The topological polar surface area (TPSA) is 20.3 Å². The van der Waals surface area contributed by atoms with Gasteiger partial charge in [0.15, 0.2) is 6.29 Å². The number of benzene rings is 2. The van der Waals surface area contributed by atoms with E-state index >= 15 is 0 Å². The molecule has 0 unspecified atom stereocenters. The molecule has 0 radical (unpaired) electrons. The number of hydrogen-bond donors (Lipinski definition) is 0. The zero-order valence-corrected chi connectivity index (χ0v) is 10.4. The average Bonchev–Trinajstić information content (AvgIpc) is 2.38. The largest absolute Gasteiger partial charge is 0.342 e. The van der Waals surface area contributed by atoms with Crippen molar-refractivity contribution >= 4 is 17.7 Å². The lowest BCUT2D eigenvalue weighted by atomic mass is 10.1. The Hall–Kier alpha value is -2.16.